The minimum absolute atomic E-state index is 0.105. The van der Waals surface area contributed by atoms with E-state index in [0.717, 1.165) is 87.0 Å². The number of benzene rings is 5. The monoisotopic (exact) mass is 841 g/mol. The molecule has 63 heavy (non-hydrogen) atoms. The molecule has 4 heterocycles. The number of aliphatic hydroxyl groups excluding tert-OH is 1. The summed E-state index contributed by atoms with van der Waals surface area (Å²) in [6, 6.07) is 37.6. The number of carbonyl (C=O) groups excluding carboxylic acids is 3. The van der Waals surface area contributed by atoms with E-state index >= 15 is 0 Å². The van der Waals surface area contributed by atoms with Gasteiger partial charge in [-0.15, -0.1) is 0 Å². The molecule has 4 atom stereocenters. The van der Waals surface area contributed by atoms with E-state index in [-0.39, 0.29) is 29.8 Å². The van der Waals surface area contributed by atoms with E-state index in [1.807, 2.05) is 85.7 Å². The van der Waals surface area contributed by atoms with E-state index in [1.54, 1.807) is 4.90 Å². The van der Waals surface area contributed by atoms with Crippen molar-refractivity contribution in [1.82, 2.24) is 35.1 Å². The third-order valence-corrected chi connectivity index (χ3v) is 12.5. The number of hydrogen-bond acceptors (Lipinski definition) is 7. The molecular weight excluding hydrogens is 791 g/mol. The molecule has 7 aromatic rings. The smallest absolute Gasteiger partial charge is 0.407 e. The van der Waals surface area contributed by atoms with Gasteiger partial charge >= 0.3 is 6.09 Å². The average molecular weight is 842 g/mol. The lowest BCUT2D eigenvalue weighted by molar-refractivity contribution is -0.141. The fraction of sp³-hybridized carbons (Fsp3) is 0.275. The number of aromatic amines is 2. The molecule has 12 nitrogen and oxygen atoms in total. The van der Waals surface area contributed by atoms with Gasteiger partial charge in [-0.3, -0.25) is 9.59 Å². The first-order chi connectivity index (χ1) is 30.6. The van der Waals surface area contributed by atoms with Gasteiger partial charge in [0.15, 0.2) is 6.10 Å². The van der Waals surface area contributed by atoms with Gasteiger partial charge in [0.1, 0.15) is 17.7 Å². The molecule has 0 radical (unpaired) electrons. The Kier molecular flexibility index (Phi) is 11.6. The van der Waals surface area contributed by atoms with Crippen molar-refractivity contribution in [2.75, 3.05) is 20.2 Å². The maximum absolute atomic E-state index is 13.6. The number of aliphatic hydroxyl groups is 1. The van der Waals surface area contributed by atoms with Crippen LogP contribution in [0.2, 0.25) is 0 Å². The molecule has 0 aliphatic carbocycles. The standard InChI is InChI=1S/C51H51N7O5/c1-31(2)45(56-51(62)63-3)49(60)57-25-7-11-43(57)47-53-30-42(55-47)40-24-23-38-27-37(21-22-39(38)28-40)34-13-17-35(18-14-34)41-29-52-48(54-41)44-12-8-26-58(44)50(61)46(59)36-19-15-33(16-20-36)32-9-5-4-6-10-32/h4-6,9-10,13-24,27-31,43-46,59H,7-8,11-12,25-26H2,1-3H3,(H,52,54)(H,53,55)(H,56,62)/t43-,44-,45-,46+/m0/s1. The van der Waals surface area contributed by atoms with Crippen LogP contribution in [0.15, 0.2) is 128 Å². The molecule has 2 fully saturated rings. The molecule has 2 aliphatic heterocycles. The van der Waals surface area contributed by atoms with E-state index in [4.69, 9.17) is 14.7 Å². The highest BCUT2D eigenvalue weighted by molar-refractivity contribution is 5.91. The van der Waals surface area contributed by atoms with Crippen molar-refractivity contribution in [3.05, 3.63) is 145 Å². The van der Waals surface area contributed by atoms with Gasteiger partial charge in [-0.1, -0.05) is 117 Å². The second-order valence-electron chi connectivity index (χ2n) is 16.8. The molecule has 0 bridgehead atoms. The number of imidazole rings is 2. The Morgan fingerprint density at radius 2 is 1.14 bits per heavy atom. The molecule has 9 rings (SSSR count). The van der Waals surface area contributed by atoms with E-state index in [1.165, 1.54) is 7.11 Å². The Morgan fingerprint density at radius 1 is 0.651 bits per heavy atom. The summed E-state index contributed by atoms with van der Waals surface area (Å²) in [4.78, 5) is 59.2. The number of hydrogen-bond donors (Lipinski definition) is 4. The first-order valence-electron chi connectivity index (χ1n) is 21.7. The van der Waals surface area contributed by atoms with Crippen LogP contribution in [0.4, 0.5) is 4.79 Å². The normalized spacial score (nSPS) is 17.3. The number of nitrogens with one attached hydrogen (secondary N) is 3. The number of alkyl carbamates (subject to hydrolysis) is 1. The summed E-state index contributed by atoms with van der Waals surface area (Å²) in [5, 5.41) is 16.1. The second-order valence-corrected chi connectivity index (χ2v) is 16.8. The van der Waals surface area contributed by atoms with Crippen LogP contribution in [-0.2, 0) is 14.3 Å². The summed E-state index contributed by atoms with van der Waals surface area (Å²) in [6.45, 7) is 4.97. The van der Waals surface area contributed by atoms with Gasteiger partial charge in [0.2, 0.25) is 5.91 Å². The summed E-state index contributed by atoms with van der Waals surface area (Å²) in [7, 11) is 1.29. The van der Waals surface area contributed by atoms with E-state index in [0.29, 0.717) is 24.5 Å². The van der Waals surface area contributed by atoms with E-state index in [9.17, 15) is 19.5 Å². The molecular formula is C51H51N7O5. The Labute approximate surface area is 366 Å². The number of methoxy groups -OCH3 is 1. The highest BCUT2D eigenvalue weighted by atomic mass is 16.5. The zero-order valence-electron chi connectivity index (χ0n) is 35.6. The van der Waals surface area contributed by atoms with E-state index in [2.05, 4.69) is 75.9 Å². The minimum Gasteiger partial charge on any atom is -0.453 e. The predicted octanol–water partition coefficient (Wildman–Crippen LogP) is 9.40. The van der Waals surface area contributed by atoms with Crippen LogP contribution in [0, 0.1) is 5.92 Å². The quantitative estimate of drug-likeness (QED) is 0.101. The van der Waals surface area contributed by atoms with Gasteiger partial charge in [0.05, 0.1) is 43.0 Å². The SMILES string of the molecule is COC(=O)N[C@H](C(=O)N1CCC[C@H]1c1ncc(-c2ccc3cc(-c4ccc(-c5cnc([C@@H]6CCCN6C(=O)[C@H](O)c6ccc(-c7ccccc7)cc6)[nH]5)cc4)ccc3c2)[nH]1)C(C)C. The number of fused-ring (bicyclic) bond motifs is 1. The Bertz CT molecular complexity index is 2740. The van der Waals surface area contributed by atoms with Gasteiger partial charge in [-0.25, -0.2) is 14.8 Å². The first-order valence-corrected chi connectivity index (χ1v) is 21.7. The minimum atomic E-state index is -1.25. The number of ether oxygens (including phenoxy) is 1. The van der Waals surface area contributed by atoms with Crippen LogP contribution < -0.4 is 5.32 Å². The Hall–Kier alpha value is -7.05. The summed E-state index contributed by atoms with van der Waals surface area (Å²) in [6.07, 6.45) is 5.00. The van der Waals surface area contributed by atoms with Crippen LogP contribution >= 0.6 is 0 Å². The third-order valence-electron chi connectivity index (χ3n) is 12.5. The zero-order chi connectivity index (χ0) is 43.6. The second kappa shape index (κ2) is 17.7. The van der Waals surface area contributed by atoms with Gasteiger partial charge in [-0.2, -0.15) is 0 Å². The van der Waals surface area contributed by atoms with Crippen molar-refractivity contribution in [3.63, 3.8) is 0 Å². The van der Waals surface area contributed by atoms with Crippen molar-refractivity contribution in [2.45, 2.75) is 63.8 Å². The Morgan fingerprint density at radius 3 is 1.75 bits per heavy atom. The number of amides is 3. The number of carbonyl (C=O) groups is 3. The van der Waals surface area contributed by atoms with Crippen molar-refractivity contribution in [3.8, 4) is 44.8 Å². The first kappa shape index (κ1) is 41.3. The number of H-pyrrole nitrogens is 2. The molecule has 0 unspecified atom stereocenters. The van der Waals surface area contributed by atoms with Crippen molar-refractivity contribution in [2.24, 2.45) is 5.92 Å². The average Bonchev–Trinajstić information content (AvgIpc) is 4.18. The lowest BCUT2D eigenvalue weighted by atomic mass is 9.98. The molecule has 3 amide bonds. The van der Waals surface area contributed by atoms with Crippen LogP contribution in [0.1, 0.15) is 74.9 Å². The zero-order valence-corrected chi connectivity index (χ0v) is 35.6. The van der Waals surface area contributed by atoms with Crippen LogP contribution in [-0.4, -0.2) is 79.0 Å². The molecule has 12 heteroatoms. The highest BCUT2D eigenvalue weighted by Crippen LogP contribution is 2.36. The molecule has 2 aromatic heterocycles. The predicted molar refractivity (Wildman–Crippen MR) is 243 cm³/mol. The van der Waals surface area contributed by atoms with Crippen molar-refractivity contribution in [1.29, 1.82) is 0 Å². The fourth-order valence-electron chi connectivity index (χ4n) is 9.04. The number of nitrogens with zero attached hydrogens (tertiary/aromatic N) is 4. The van der Waals surface area contributed by atoms with Gasteiger partial charge in [0.25, 0.3) is 5.91 Å². The van der Waals surface area contributed by atoms with Gasteiger partial charge < -0.3 is 34.9 Å². The maximum Gasteiger partial charge on any atom is 0.407 e. The molecule has 0 saturated carbocycles. The summed E-state index contributed by atoms with van der Waals surface area (Å²) in [5.41, 5.74) is 8.57. The molecule has 0 spiro atoms. The molecule has 4 N–H and O–H groups in total. The fourth-order valence-corrected chi connectivity index (χ4v) is 9.04. The van der Waals surface area contributed by atoms with E-state index < -0.39 is 18.2 Å². The number of rotatable bonds is 11. The number of likely N-dealkylation sites (tertiary alicyclic amines) is 2. The Balaban J connectivity index is 0.850. The maximum atomic E-state index is 13.6. The summed E-state index contributed by atoms with van der Waals surface area (Å²) < 4.78 is 4.77. The van der Waals surface area contributed by atoms with Crippen LogP contribution in [0.25, 0.3) is 55.5 Å². The summed E-state index contributed by atoms with van der Waals surface area (Å²) >= 11 is 0. The molecule has 5 aromatic carbocycles. The topological polar surface area (TPSA) is 157 Å². The highest BCUT2D eigenvalue weighted by Gasteiger charge is 2.38. The summed E-state index contributed by atoms with van der Waals surface area (Å²) in [5.74, 6) is 0.888. The molecule has 2 saturated heterocycles. The van der Waals surface area contributed by atoms with Crippen LogP contribution in [0.5, 0.6) is 0 Å². The lowest BCUT2D eigenvalue weighted by Crippen LogP contribution is -2.51. The van der Waals surface area contributed by atoms with Crippen molar-refractivity contribution >= 4 is 28.7 Å². The largest absolute Gasteiger partial charge is 0.453 e. The lowest BCUT2D eigenvalue weighted by Gasteiger charge is -2.30. The van der Waals surface area contributed by atoms with Crippen LogP contribution in [0.3, 0.4) is 0 Å². The third kappa shape index (κ3) is 8.46. The number of aromatic nitrogens is 4. The molecule has 2 aliphatic rings. The molecule has 320 valence electrons. The van der Waals surface area contributed by atoms with Gasteiger partial charge in [-0.05, 0) is 87.9 Å². The van der Waals surface area contributed by atoms with Gasteiger partial charge in [0, 0.05) is 18.7 Å². The van der Waals surface area contributed by atoms with Crippen molar-refractivity contribution < 1.29 is 24.2 Å².